The first kappa shape index (κ1) is 14.7. The van der Waals surface area contributed by atoms with E-state index in [0.29, 0.717) is 24.9 Å². The van der Waals surface area contributed by atoms with Crippen molar-refractivity contribution < 1.29 is 4.74 Å². The average molecular weight is 338 g/mol. The Kier molecular flexibility index (Phi) is 5.25. The summed E-state index contributed by atoms with van der Waals surface area (Å²) in [5.74, 6) is 1.12. The predicted molar refractivity (Wildman–Crippen MR) is 82.4 cm³/mol. The molecule has 2 N–H and O–H groups in total. The largest absolute Gasteiger partial charge is 0.383 e. The Hall–Kier alpha value is -1.73. The van der Waals surface area contributed by atoms with Gasteiger partial charge in [-0.1, -0.05) is 15.9 Å². The van der Waals surface area contributed by atoms with Crippen molar-refractivity contribution in [1.29, 1.82) is 0 Å². The van der Waals surface area contributed by atoms with Crippen LogP contribution in [-0.4, -0.2) is 35.4 Å². The van der Waals surface area contributed by atoms with Crippen molar-refractivity contribution in [2.75, 3.05) is 30.9 Å². The van der Waals surface area contributed by atoms with E-state index in [1.54, 1.807) is 13.3 Å². The summed E-state index contributed by atoms with van der Waals surface area (Å²) in [5, 5.41) is 14.2. The Balaban J connectivity index is 2.07. The summed E-state index contributed by atoms with van der Waals surface area (Å²) in [7, 11) is 1.66. The average Bonchev–Trinajstić information content (AvgIpc) is 2.43. The highest BCUT2D eigenvalue weighted by Gasteiger charge is 2.03. The van der Waals surface area contributed by atoms with Crippen LogP contribution >= 0.6 is 15.9 Å². The van der Waals surface area contributed by atoms with Crippen LogP contribution < -0.4 is 10.6 Å². The number of nitrogens with zero attached hydrogens (tertiary/aromatic N) is 3. The first-order valence-electron chi connectivity index (χ1n) is 6.15. The zero-order valence-corrected chi connectivity index (χ0v) is 12.9. The number of benzene rings is 1. The summed E-state index contributed by atoms with van der Waals surface area (Å²) in [6.45, 7) is 3.30. The van der Waals surface area contributed by atoms with E-state index in [0.717, 1.165) is 15.7 Å². The van der Waals surface area contributed by atoms with Crippen molar-refractivity contribution in [3.63, 3.8) is 0 Å². The van der Waals surface area contributed by atoms with Crippen molar-refractivity contribution in [2.24, 2.45) is 0 Å². The van der Waals surface area contributed by atoms with Gasteiger partial charge in [-0.2, -0.15) is 10.1 Å². The summed E-state index contributed by atoms with van der Waals surface area (Å²) in [5.41, 5.74) is 2.05. The van der Waals surface area contributed by atoms with E-state index in [9.17, 15) is 0 Å². The van der Waals surface area contributed by atoms with Crippen LogP contribution in [0.15, 0.2) is 28.9 Å². The predicted octanol–water partition coefficient (Wildman–Crippen LogP) is 2.74. The summed E-state index contributed by atoms with van der Waals surface area (Å²) < 4.78 is 6.01. The number of methoxy groups -OCH3 is 1. The van der Waals surface area contributed by atoms with Gasteiger partial charge in [0.1, 0.15) is 0 Å². The van der Waals surface area contributed by atoms with Crippen molar-refractivity contribution in [2.45, 2.75) is 6.92 Å². The van der Waals surface area contributed by atoms with Crippen molar-refractivity contribution in [3.8, 4) is 0 Å². The second-order valence-corrected chi connectivity index (χ2v) is 5.08. The van der Waals surface area contributed by atoms with Gasteiger partial charge >= 0.3 is 0 Å². The summed E-state index contributed by atoms with van der Waals surface area (Å²) in [6.07, 6.45) is 1.58. The molecule has 1 aromatic carbocycles. The SMILES string of the molecule is COCCNc1cnnc(Nc2ccc(Br)cc2C)n1. The molecule has 0 aliphatic rings. The maximum Gasteiger partial charge on any atom is 0.249 e. The molecule has 0 saturated carbocycles. The van der Waals surface area contributed by atoms with Gasteiger partial charge in [-0.25, -0.2) is 0 Å². The normalized spacial score (nSPS) is 10.3. The Labute approximate surface area is 126 Å². The van der Waals surface area contributed by atoms with Crippen molar-refractivity contribution >= 4 is 33.4 Å². The molecule has 0 bridgehead atoms. The van der Waals surface area contributed by atoms with E-state index in [1.807, 2.05) is 25.1 Å². The highest BCUT2D eigenvalue weighted by molar-refractivity contribution is 9.10. The van der Waals surface area contributed by atoms with Crippen LogP contribution in [0.2, 0.25) is 0 Å². The van der Waals surface area contributed by atoms with Crippen LogP contribution in [0.3, 0.4) is 0 Å². The number of aryl methyl sites for hydroxylation is 1. The van der Waals surface area contributed by atoms with Crippen LogP contribution in [0, 0.1) is 6.92 Å². The number of hydrogen-bond donors (Lipinski definition) is 2. The summed E-state index contributed by atoms with van der Waals surface area (Å²) in [4.78, 5) is 4.34. The number of hydrogen-bond acceptors (Lipinski definition) is 6. The maximum atomic E-state index is 4.97. The smallest absolute Gasteiger partial charge is 0.249 e. The lowest BCUT2D eigenvalue weighted by Crippen LogP contribution is -2.10. The third kappa shape index (κ3) is 4.14. The van der Waals surface area contributed by atoms with Crippen LogP contribution in [0.25, 0.3) is 0 Å². The van der Waals surface area contributed by atoms with Gasteiger partial charge in [0.2, 0.25) is 5.95 Å². The molecular formula is C13H16BrN5O. The van der Waals surface area contributed by atoms with Crippen LogP contribution in [0.5, 0.6) is 0 Å². The molecule has 1 aromatic heterocycles. The molecule has 0 unspecified atom stereocenters. The Bertz CT molecular complexity index is 578. The molecule has 0 radical (unpaired) electrons. The van der Waals surface area contributed by atoms with Crippen LogP contribution in [-0.2, 0) is 4.74 Å². The second kappa shape index (κ2) is 7.16. The van der Waals surface area contributed by atoms with Gasteiger partial charge in [0.15, 0.2) is 5.82 Å². The van der Waals surface area contributed by atoms with E-state index < -0.39 is 0 Å². The summed E-state index contributed by atoms with van der Waals surface area (Å²) in [6, 6.07) is 5.95. The third-order valence-electron chi connectivity index (χ3n) is 2.61. The Morgan fingerprint density at radius 1 is 1.35 bits per heavy atom. The number of halogens is 1. The number of ether oxygens (including phenoxy) is 1. The lowest BCUT2D eigenvalue weighted by molar-refractivity contribution is 0.210. The van der Waals surface area contributed by atoms with Crippen molar-refractivity contribution in [3.05, 3.63) is 34.4 Å². The van der Waals surface area contributed by atoms with Gasteiger partial charge in [-0.15, -0.1) is 5.10 Å². The lowest BCUT2D eigenvalue weighted by atomic mass is 10.2. The Morgan fingerprint density at radius 3 is 2.95 bits per heavy atom. The minimum atomic E-state index is 0.456. The molecule has 1 heterocycles. The molecule has 0 atom stereocenters. The fraction of sp³-hybridized carbons (Fsp3) is 0.308. The number of nitrogens with one attached hydrogen (secondary N) is 2. The highest BCUT2D eigenvalue weighted by Crippen LogP contribution is 2.22. The van der Waals surface area contributed by atoms with E-state index in [1.165, 1.54) is 0 Å². The molecule has 0 fully saturated rings. The zero-order valence-electron chi connectivity index (χ0n) is 11.4. The second-order valence-electron chi connectivity index (χ2n) is 4.17. The van der Waals surface area contributed by atoms with Gasteiger partial charge in [-0.05, 0) is 30.7 Å². The van der Waals surface area contributed by atoms with Crippen molar-refractivity contribution in [1.82, 2.24) is 15.2 Å². The number of rotatable bonds is 6. The fourth-order valence-corrected chi connectivity index (χ4v) is 2.09. The fourth-order valence-electron chi connectivity index (χ4n) is 1.61. The van der Waals surface area contributed by atoms with E-state index in [2.05, 4.69) is 41.7 Å². The van der Waals surface area contributed by atoms with Gasteiger partial charge in [0.25, 0.3) is 0 Å². The monoisotopic (exact) mass is 337 g/mol. The van der Waals surface area contributed by atoms with Gasteiger partial charge in [0.05, 0.1) is 12.8 Å². The zero-order chi connectivity index (χ0) is 14.4. The topological polar surface area (TPSA) is 72.0 Å². The molecule has 106 valence electrons. The third-order valence-corrected chi connectivity index (χ3v) is 3.10. The van der Waals surface area contributed by atoms with Crippen LogP contribution in [0.4, 0.5) is 17.5 Å². The minimum Gasteiger partial charge on any atom is -0.383 e. The molecule has 6 nitrogen and oxygen atoms in total. The first-order valence-corrected chi connectivity index (χ1v) is 6.94. The highest BCUT2D eigenvalue weighted by atomic mass is 79.9. The lowest BCUT2D eigenvalue weighted by Gasteiger charge is -2.09. The molecule has 2 rings (SSSR count). The van der Waals surface area contributed by atoms with E-state index in [4.69, 9.17) is 4.74 Å². The number of anilines is 3. The minimum absolute atomic E-state index is 0.456. The molecule has 20 heavy (non-hydrogen) atoms. The molecule has 7 heteroatoms. The molecule has 0 aliphatic carbocycles. The quantitative estimate of drug-likeness (QED) is 0.789. The molecule has 0 amide bonds. The summed E-state index contributed by atoms with van der Waals surface area (Å²) >= 11 is 3.44. The van der Waals surface area contributed by atoms with Crippen LogP contribution in [0.1, 0.15) is 5.56 Å². The van der Waals surface area contributed by atoms with E-state index >= 15 is 0 Å². The molecule has 0 saturated heterocycles. The van der Waals surface area contributed by atoms with E-state index in [-0.39, 0.29) is 0 Å². The standard InChI is InChI=1S/C13H16BrN5O/c1-9-7-10(14)3-4-11(9)17-13-18-12(8-16-19-13)15-5-6-20-2/h3-4,7-8H,5-6H2,1-2H3,(H2,15,17,18,19). The van der Waals surface area contributed by atoms with Gasteiger partial charge < -0.3 is 15.4 Å². The molecule has 0 aliphatic heterocycles. The maximum absolute atomic E-state index is 4.97. The first-order chi connectivity index (χ1) is 9.69. The number of aromatic nitrogens is 3. The van der Waals surface area contributed by atoms with Gasteiger partial charge in [-0.3, -0.25) is 0 Å². The Morgan fingerprint density at radius 2 is 2.20 bits per heavy atom. The van der Waals surface area contributed by atoms with Gasteiger partial charge in [0, 0.05) is 23.8 Å². The molecular weight excluding hydrogens is 322 g/mol. The molecule has 2 aromatic rings. The molecule has 0 spiro atoms.